The standard InChI is InChI=1S/C15H18N2O2/c1-10-4-6-12(7-5-10)15-11(2)13(17(3)16-15)8-9-14(18)19/h4-7H,8-9H2,1-3H3,(H,18,19). The highest BCUT2D eigenvalue weighted by Crippen LogP contribution is 2.25. The molecular formula is C15H18N2O2. The van der Waals surface area contributed by atoms with Gasteiger partial charge in [-0.3, -0.25) is 9.48 Å². The van der Waals surface area contributed by atoms with Crippen LogP contribution in [0.25, 0.3) is 11.3 Å². The van der Waals surface area contributed by atoms with E-state index in [0.717, 1.165) is 22.5 Å². The van der Waals surface area contributed by atoms with E-state index in [0.29, 0.717) is 6.42 Å². The van der Waals surface area contributed by atoms with Crippen LogP contribution in [0.5, 0.6) is 0 Å². The molecule has 0 aliphatic rings. The van der Waals surface area contributed by atoms with E-state index in [-0.39, 0.29) is 6.42 Å². The smallest absolute Gasteiger partial charge is 0.303 e. The zero-order chi connectivity index (χ0) is 14.0. The molecule has 1 N–H and O–H groups in total. The summed E-state index contributed by atoms with van der Waals surface area (Å²) in [5.41, 5.74) is 5.26. The largest absolute Gasteiger partial charge is 0.481 e. The van der Waals surface area contributed by atoms with Crippen LogP contribution in [-0.2, 0) is 18.3 Å². The number of nitrogens with zero attached hydrogens (tertiary/aromatic N) is 2. The van der Waals surface area contributed by atoms with Gasteiger partial charge in [-0.2, -0.15) is 5.10 Å². The van der Waals surface area contributed by atoms with Gasteiger partial charge in [0.2, 0.25) is 0 Å². The van der Waals surface area contributed by atoms with Gasteiger partial charge in [0, 0.05) is 24.7 Å². The van der Waals surface area contributed by atoms with E-state index in [1.54, 1.807) is 4.68 Å². The Bertz CT molecular complexity index is 597. The zero-order valence-electron chi connectivity index (χ0n) is 11.5. The maximum absolute atomic E-state index is 10.7. The van der Waals surface area contributed by atoms with Crippen LogP contribution >= 0.6 is 0 Å². The Morgan fingerprint density at radius 3 is 2.47 bits per heavy atom. The quantitative estimate of drug-likeness (QED) is 0.917. The molecule has 0 saturated heterocycles. The molecule has 1 aromatic heterocycles. The van der Waals surface area contributed by atoms with E-state index in [2.05, 4.69) is 17.2 Å². The van der Waals surface area contributed by atoms with Crippen LogP contribution in [0.4, 0.5) is 0 Å². The van der Waals surface area contributed by atoms with Crippen LogP contribution in [0.2, 0.25) is 0 Å². The van der Waals surface area contributed by atoms with Crippen molar-refractivity contribution in [3.63, 3.8) is 0 Å². The van der Waals surface area contributed by atoms with Crippen LogP contribution in [-0.4, -0.2) is 20.9 Å². The monoisotopic (exact) mass is 258 g/mol. The third kappa shape index (κ3) is 2.84. The number of hydrogen-bond acceptors (Lipinski definition) is 2. The molecule has 1 heterocycles. The average molecular weight is 258 g/mol. The van der Waals surface area contributed by atoms with E-state index in [4.69, 9.17) is 5.11 Å². The summed E-state index contributed by atoms with van der Waals surface area (Å²) in [6.07, 6.45) is 0.643. The molecular weight excluding hydrogens is 240 g/mol. The van der Waals surface area contributed by atoms with Crippen molar-refractivity contribution in [1.29, 1.82) is 0 Å². The normalized spacial score (nSPS) is 10.7. The van der Waals surface area contributed by atoms with E-state index in [9.17, 15) is 4.79 Å². The molecule has 0 radical (unpaired) electrons. The van der Waals surface area contributed by atoms with Gasteiger partial charge >= 0.3 is 5.97 Å². The minimum Gasteiger partial charge on any atom is -0.481 e. The predicted molar refractivity (Wildman–Crippen MR) is 74.1 cm³/mol. The minimum atomic E-state index is -0.780. The van der Waals surface area contributed by atoms with Crippen LogP contribution < -0.4 is 0 Å². The van der Waals surface area contributed by atoms with Gasteiger partial charge in [0.25, 0.3) is 0 Å². The van der Waals surface area contributed by atoms with Gasteiger partial charge in [-0.25, -0.2) is 0 Å². The predicted octanol–water partition coefficient (Wildman–Crippen LogP) is 2.72. The van der Waals surface area contributed by atoms with Gasteiger partial charge in [0.15, 0.2) is 0 Å². The molecule has 2 rings (SSSR count). The van der Waals surface area contributed by atoms with Crippen molar-refractivity contribution in [2.24, 2.45) is 7.05 Å². The summed E-state index contributed by atoms with van der Waals surface area (Å²) in [5, 5.41) is 13.3. The van der Waals surface area contributed by atoms with Crippen LogP contribution in [0.15, 0.2) is 24.3 Å². The molecule has 0 aliphatic heterocycles. The highest BCUT2D eigenvalue weighted by atomic mass is 16.4. The fraction of sp³-hybridized carbons (Fsp3) is 0.333. The maximum atomic E-state index is 10.7. The number of carboxylic acid groups (broad SMARTS) is 1. The lowest BCUT2D eigenvalue weighted by atomic mass is 10.0. The molecule has 0 amide bonds. The first kappa shape index (κ1) is 13.3. The summed E-state index contributed by atoms with van der Waals surface area (Å²) in [4.78, 5) is 10.7. The third-order valence-electron chi connectivity index (χ3n) is 3.33. The number of hydrogen-bond donors (Lipinski definition) is 1. The molecule has 19 heavy (non-hydrogen) atoms. The van der Waals surface area contributed by atoms with Crippen molar-refractivity contribution in [3.05, 3.63) is 41.1 Å². The van der Waals surface area contributed by atoms with Gasteiger partial charge in [-0.15, -0.1) is 0 Å². The molecule has 0 atom stereocenters. The van der Waals surface area contributed by atoms with Crippen molar-refractivity contribution < 1.29 is 9.90 Å². The zero-order valence-corrected chi connectivity index (χ0v) is 11.5. The van der Waals surface area contributed by atoms with Crippen LogP contribution in [0.1, 0.15) is 23.2 Å². The average Bonchev–Trinajstić information content (AvgIpc) is 2.63. The molecule has 4 nitrogen and oxygen atoms in total. The summed E-state index contributed by atoms with van der Waals surface area (Å²) in [6.45, 7) is 4.05. The topological polar surface area (TPSA) is 55.1 Å². The number of aliphatic carboxylic acids is 1. The molecule has 1 aromatic carbocycles. The highest BCUT2D eigenvalue weighted by Gasteiger charge is 2.14. The minimum absolute atomic E-state index is 0.133. The number of rotatable bonds is 4. The Hall–Kier alpha value is -2.10. The van der Waals surface area contributed by atoms with Gasteiger partial charge in [-0.1, -0.05) is 29.8 Å². The van der Waals surface area contributed by atoms with Crippen molar-refractivity contribution in [2.45, 2.75) is 26.7 Å². The third-order valence-corrected chi connectivity index (χ3v) is 3.33. The maximum Gasteiger partial charge on any atom is 0.303 e. The lowest BCUT2D eigenvalue weighted by Gasteiger charge is -2.01. The Kier molecular flexibility index (Phi) is 3.69. The van der Waals surface area contributed by atoms with Gasteiger partial charge in [0.1, 0.15) is 0 Å². The number of carbonyl (C=O) groups is 1. The van der Waals surface area contributed by atoms with Gasteiger partial charge < -0.3 is 5.11 Å². The number of benzene rings is 1. The fourth-order valence-corrected chi connectivity index (χ4v) is 2.23. The van der Waals surface area contributed by atoms with Crippen molar-refractivity contribution >= 4 is 5.97 Å². The fourth-order valence-electron chi connectivity index (χ4n) is 2.23. The molecule has 0 saturated carbocycles. The van der Waals surface area contributed by atoms with Crippen LogP contribution in [0, 0.1) is 13.8 Å². The summed E-state index contributed by atoms with van der Waals surface area (Å²) in [6, 6.07) is 8.21. The second-order valence-corrected chi connectivity index (χ2v) is 4.80. The molecule has 100 valence electrons. The lowest BCUT2D eigenvalue weighted by molar-refractivity contribution is -0.136. The Morgan fingerprint density at radius 1 is 1.26 bits per heavy atom. The molecule has 0 bridgehead atoms. The molecule has 0 unspecified atom stereocenters. The number of aromatic nitrogens is 2. The molecule has 2 aromatic rings. The van der Waals surface area contributed by atoms with Crippen molar-refractivity contribution in [2.75, 3.05) is 0 Å². The Morgan fingerprint density at radius 2 is 1.89 bits per heavy atom. The highest BCUT2D eigenvalue weighted by molar-refractivity contribution is 5.68. The van der Waals surface area contributed by atoms with E-state index < -0.39 is 5.97 Å². The summed E-state index contributed by atoms with van der Waals surface area (Å²) in [7, 11) is 1.86. The summed E-state index contributed by atoms with van der Waals surface area (Å²) < 4.78 is 1.79. The van der Waals surface area contributed by atoms with Crippen molar-refractivity contribution in [3.8, 4) is 11.3 Å². The second-order valence-electron chi connectivity index (χ2n) is 4.80. The van der Waals surface area contributed by atoms with E-state index in [1.807, 2.05) is 33.0 Å². The second kappa shape index (κ2) is 5.26. The SMILES string of the molecule is Cc1ccc(-c2nn(C)c(CCC(=O)O)c2C)cc1. The molecule has 4 heteroatoms. The van der Waals surface area contributed by atoms with Gasteiger partial charge in [0.05, 0.1) is 12.1 Å². The Labute approximate surface area is 112 Å². The first-order valence-electron chi connectivity index (χ1n) is 6.30. The van der Waals surface area contributed by atoms with Crippen LogP contribution in [0.3, 0.4) is 0 Å². The molecule has 0 fully saturated rings. The number of aryl methyl sites for hydroxylation is 2. The molecule has 0 aliphatic carbocycles. The Balaban J connectivity index is 2.35. The lowest BCUT2D eigenvalue weighted by Crippen LogP contribution is -2.03. The van der Waals surface area contributed by atoms with Crippen molar-refractivity contribution in [1.82, 2.24) is 9.78 Å². The number of carboxylic acids is 1. The van der Waals surface area contributed by atoms with E-state index in [1.165, 1.54) is 5.56 Å². The molecule has 0 spiro atoms. The summed E-state index contributed by atoms with van der Waals surface area (Å²) >= 11 is 0. The first-order chi connectivity index (χ1) is 8.99. The van der Waals surface area contributed by atoms with E-state index >= 15 is 0 Å². The van der Waals surface area contributed by atoms with Gasteiger partial charge in [-0.05, 0) is 19.4 Å². The first-order valence-corrected chi connectivity index (χ1v) is 6.30. The summed E-state index contributed by atoms with van der Waals surface area (Å²) in [5.74, 6) is -0.780.